The maximum Gasteiger partial charge on any atom is 0.419 e. The second-order valence-electron chi connectivity index (χ2n) is 5.76. The first-order valence-corrected chi connectivity index (χ1v) is 8.14. The summed E-state index contributed by atoms with van der Waals surface area (Å²) in [5.41, 5.74) is 4.19. The van der Waals surface area contributed by atoms with E-state index in [1.807, 2.05) is 4.90 Å². The first kappa shape index (κ1) is 19.9. The van der Waals surface area contributed by atoms with Gasteiger partial charge in [0.1, 0.15) is 5.82 Å². The fourth-order valence-corrected chi connectivity index (χ4v) is 2.61. The smallest absolute Gasteiger partial charge is 0.390 e. The van der Waals surface area contributed by atoms with Crippen LogP contribution in [-0.4, -0.2) is 44.9 Å². The molecule has 1 aromatic carbocycles. The van der Waals surface area contributed by atoms with Crippen LogP contribution in [-0.2, 0) is 0 Å². The quantitative estimate of drug-likeness (QED) is 0.485. The molecule has 2 rings (SSSR count). The van der Waals surface area contributed by atoms with Crippen LogP contribution in [0.4, 0.5) is 28.9 Å². The third kappa shape index (κ3) is 5.29. The third-order valence-corrected chi connectivity index (χ3v) is 3.92. The Hall–Kier alpha value is -2.42. The zero-order valence-electron chi connectivity index (χ0n) is 14.4. The molecule has 0 aliphatic carbocycles. The van der Waals surface area contributed by atoms with Crippen LogP contribution in [0.1, 0.15) is 13.3 Å². The molecule has 0 bridgehead atoms. The van der Waals surface area contributed by atoms with Crippen LogP contribution >= 0.6 is 0 Å². The minimum Gasteiger partial charge on any atom is -0.390 e. The van der Waals surface area contributed by atoms with Crippen LogP contribution in [0.15, 0.2) is 39.5 Å². The molecule has 1 aromatic rings. The molecule has 142 valence electrons. The molecule has 0 saturated carbocycles. The minimum absolute atomic E-state index is 0.0884. The molecule has 1 saturated heterocycles. The van der Waals surface area contributed by atoms with Gasteiger partial charge >= 0.3 is 6.18 Å². The number of nitrogens with two attached hydrogens (primary N) is 1. The van der Waals surface area contributed by atoms with Crippen molar-refractivity contribution in [3.05, 3.63) is 35.3 Å². The summed E-state index contributed by atoms with van der Waals surface area (Å²) < 4.78 is 53.6. The number of hydrogen-bond donors (Lipinski definition) is 2. The van der Waals surface area contributed by atoms with Crippen molar-refractivity contribution < 1.29 is 17.6 Å². The Labute approximate surface area is 149 Å². The average Bonchev–Trinajstić information content (AvgIpc) is 2.83. The van der Waals surface area contributed by atoms with Gasteiger partial charge in [0.15, 0.2) is 0 Å². The summed E-state index contributed by atoms with van der Waals surface area (Å²) in [5.74, 6) is -0.518. The molecule has 0 spiro atoms. The van der Waals surface area contributed by atoms with Gasteiger partial charge in [-0.1, -0.05) is 0 Å². The third-order valence-electron chi connectivity index (χ3n) is 3.92. The molecule has 1 aliphatic rings. The topological polar surface area (TPSA) is 66.0 Å². The summed E-state index contributed by atoms with van der Waals surface area (Å²) in [6.07, 6.45) is -2.34. The van der Waals surface area contributed by atoms with Crippen LogP contribution in [0.5, 0.6) is 0 Å². The van der Waals surface area contributed by atoms with Gasteiger partial charge in [0, 0.05) is 31.9 Å². The summed E-state index contributed by atoms with van der Waals surface area (Å²) in [5, 5.41) is 3.23. The number of hydrogen-bond acceptors (Lipinski definition) is 4. The molecule has 3 N–H and O–H groups in total. The molecule has 0 atom stereocenters. The number of rotatable bonds is 4. The molecule has 9 heteroatoms. The highest BCUT2D eigenvalue weighted by molar-refractivity contribution is 5.84. The van der Waals surface area contributed by atoms with Crippen molar-refractivity contribution in [2.75, 3.05) is 31.1 Å². The van der Waals surface area contributed by atoms with Crippen molar-refractivity contribution >= 4 is 23.9 Å². The summed E-state index contributed by atoms with van der Waals surface area (Å²) in [6.45, 7) is 4.17. The molecule has 26 heavy (non-hydrogen) atoms. The highest BCUT2D eigenvalue weighted by atomic mass is 19.4. The van der Waals surface area contributed by atoms with E-state index < -0.39 is 17.6 Å². The summed E-state index contributed by atoms with van der Waals surface area (Å²) >= 11 is 0. The van der Waals surface area contributed by atoms with Gasteiger partial charge in [0.05, 0.1) is 29.0 Å². The van der Waals surface area contributed by atoms with Crippen molar-refractivity contribution in [3.63, 3.8) is 0 Å². The molecular formula is C17H21F4N5. The number of benzene rings is 1. The Morgan fingerprint density at radius 3 is 2.69 bits per heavy atom. The van der Waals surface area contributed by atoms with Crippen LogP contribution in [0.2, 0.25) is 0 Å². The van der Waals surface area contributed by atoms with Crippen LogP contribution in [0.25, 0.3) is 0 Å². The van der Waals surface area contributed by atoms with Gasteiger partial charge in [0.2, 0.25) is 0 Å². The number of halogens is 4. The molecule has 0 radical (unpaired) electrons. The zero-order chi connectivity index (χ0) is 19.2. The number of nitrogens with one attached hydrogen (secondary N) is 1. The lowest BCUT2D eigenvalue weighted by molar-refractivity contribution is -0.0863. The van der Waals surface area contributed by atoms with Gasteiger partial charge < -0.3 is 16.0 Å². The number of alkyl halides is 3. The van der Waals surface area contributed by atoms with Crippen LogP contribution in [0.3, 0.4) is 0 Å². The van der Waals surface area contributed by atoms with Gasteiger partial charge in [-0.3, -0.25) is 4.99 Å². The molecule has 0 unspecified atom stereocenters. The molecular weight excluding hydrogens is 350 g/mol. The minimum atomic E-state index is -4.64. The van der Waals surface area contributed by atoms with Gasteiger partial charge in [-0.05, 0) is 32.0 Å². The van der Waals surface area contributed by atoms with Gasteiger partial charge in [-0.2, -0.15) is 13.2 Å². The van der Waals surface area contributed by atoms with E-state index in [2.05, 4.69) is 15.3 Å². The molecule has 1 fully saturated rings. The SMILES string of the molecule is C/C(N=CN)=C(/C=Nc1ccc(N2CCCNCC2)c(F)c1)C(F)(F)F. The monoisotopic (exact) mass is 371 g/mol. The molecule has 1 heterocycles. The molecule has 1 aliphatic heterocycles. The zero-order valence-corrected chi connectivity index (χ0v) is 14.4. The highest BCUT2D eigenvalue weighted by Crippen LogP contribution is 2.29. The summed E-state index contributed by atoms with van der Waals surface area (Å²) in [7, 11) is 0. The second-order valence-corrected chi connectivity index (χ2v) is 5.76. The maximum absolute atomic E-state index is 14.4. The number of nitrogens with zero attached hydrogens (tertiary/aromatic N) is 3. The Kier molecular flexibility index (Phi) is 6.73. The Balaban J connectivity index is 2.25. The summed E-state index contributed by atoms with van der Waals surface area (Å²) in [6, 6.07) is 4.15. The van der Waals surface area contributed by atoms with Gasteiger partial charge in [-0.15, -0.1) is 0 Å². The van der Waals surface area contributed by atoms with Crippen LogP contribution < -0.4 is 16.0 Å². The second kappa shape index (κ2) is 8.79. The first-order valence-electron chi connectivity index (χ1n) is 8.14. The fraction of sp³-hybridized carbons (Fsp3) is 0.412. The molecule has 0 amide bonds. The summed E-state index contributed by atoms with van der Waals surface area (Å²) in [4.78, 5) is 9.10. The van der Waals surface area contributed by atoms with Crippen molar-refractivity contribution in [3.8, 4) is 0 Å². The van der Waals surface area contributed by atoms with E-state index in [9.17, 15) is 17.6 Å². The van der Waals surface area contributed by atoms with Crippen molar-refractivity contribution in [1.29, 1.82) is 0 Å². The van der Waals surface area contributed by atoms with E-state index >= 15 is 0 Å². The Morgan fingerprint density at radius 1 is 1.27 bits per heavy atom. The van der Waals surface area contributed by atoms with Crippen LogP contribution in [0, 0.1) is 5.82 Å². The number of aliphatic imine (C=N–C) groups is 2. The normalized spacial score (nSPS) is 17.7. The lowest BCUT2D eigenvalue weighted by Gasteiger charge is -2.22. The predicted molar refractivity (Wildman–Crippen MR) is 95.7 cm³/mol. The predicted octanol–water partition coefficient (Wildman–Crippen LogP) is 3.15. The van der Waals surface area contributed by atoms with E-state index in [0.717, 1.165) is 31.9 Å². The largest absolute Gasteiger partial charge is 0.419 e. The first-order chi connectivity index (χ1) is 12.3. The van der Waals surface area contributed by atoms with E-state index in [1.54, 1.807) is 0 Å². The standard InChI is InChI=1S/C17H21F4N5/c1-12(25-11-22)14(17(19,20)21)10-24-13-3-4-16(15(18)9-13)26-7-2-5-23-6-8-26/h3-4,9-11,23H,2,5-8H2,1H3,(H2,22,25)/b14-12+,24-10?. The van der Waals surface area contributed by atoms with E-state index in [-0.39, 0.29) is 11.4 Å². The molecule has 5 nitrogen and oxygen atoms in total. The van der Waals surface area contributed by atoms with Crippen molar-refractivity contribution in [1.82, 2.24) is 5.32 Å². The number of allylic oxidation sites excluding steroid dienone is 2. The van der Waals surface area contributed by atoms with Gasteiger partial charge in [-0.25, -0.2) is 9.38 Å². The maximum atomic E-state index is 14.4. The number of anilines is 1. The lowest BCUT2D eigenvalue weighted by atomic mass is 10.2. The van der Waals surface area contributed by atoms with Crippen molar-refractivity contribution in [2.24, 2.45) is 15.7 Å². The van der Waals surface area contributed by atoms with E-state index in [0.29, 0.717) is 25.0 Å². The fourth-order valence-electron chi connectivity index (χ4n) is 2.61. The Bertz CT molecular complexity index is 702. The highest BCUT2D eigenvalue weighted by Gasteiger charge is 2.34. The average molecular weight is 371 g/mol. The van der Waals surface area contributed by atoms with E-state index in [1.165, 1.54) is 19.1 Å². The van der Waals surface area contributed by atoms with Gasteiger partial charge in [0.25, 0.3) is 0 Å². The molecule has 0 aromatic heterocycles. The lowest BCUT2D eigenvalue weighted by Crippen LogP contribution is -2.28. The van der Waals surface area contributed by atoms with Crippen molar-refractivity contribution in [2.45, 2.75) is 19.5 Å². The Morgan fingerprint density at radius 2 is 2.04 bits per heavy atom. The van der Waals surface area contributed by atoms with E-state index in [4.69, 9.17) is 5.73 Å².